The maximum Gasteiger partial charge on any atom is 0.315 e. The monoisotopic (exact) mass is 891 g/mol. The summed E-state index contributed by atoms with van der Waals surface area (Å²) in [5.74, 6) is 0.913. The van der Waals surface area contributed by atoms with Crippen LogP contribution in [0.2, 0.25) is 0 Å². The summed E-state index contributed by atoms with van der Waals surface area (Å²) in [7, 11) is 0. The van der Waals surface area contributed by atoms with Crippen molar-refractivity contribution in [2.45, 2.75) is 206 Å². The Kier molecular flexibility index (Phi) is 20.4. The molecule has 17 atom stereocenters. The molecule has 61 heavy (non-hydrogen) atoms. The third kappa shape index (κ3) is 14.5. The molecule has 352 valence electrons. The summed E-state index contributed by atoms with van der Waals surface area (Å²) in [4.78, 5) is 36.4. The lowest BCUT2D eigenvalue weighted by Gasteiger charge is -2.47. The number of carbonyl (C=O) groups is 3. The average Bonchev–Trinajstić information content (AvgIpc) is 3.79. The first-order chi connectivity index (χ1) is 29.3. The summed E-state index contributed by atoms with van der Waals surface area (Å²) in [5, 5.41) is 64.6. The third-order valence-corrected chi connectivity index (χ3v) is 14.2. The van der Waals surface area contributed by atoms with Gasteiger partial charge in [0.05, 0.1) is 36.9 Å². The molecule has 4 heterocycles. The molecule has 0 aromatic heterocycles. The number of unbranched alkanes of at least 4 members (excludes halogenated alkanes) is 9. The van der Waals surface area contributed by atoms with E-state index in [2.05, 4.69) is 21.3 Å². The van der Waals surface area contributed by atoms with E-state index in [1.165, 1.54) is 0 Å². The lowest BCUT2D eigenvalue weighted by molar-refractivity contribution is -0.315. The molecule has 17 N–H and O–H groups in total. The van der Waals surface area contributed by atoms with E-state index in [1.54, 1.807) is 0 Å². The average molecular weight is 891 g/mol. The second-order valence-electron chi connectivity index (χ2n) is 17.5. The second-order valence-corrected chi connectivity index (χ2v) is 18.8. The molecule has 0 aromatic carbocycles. The number of nitrogens with two attached hydrogens (primary N) is 4. The second kappa shape index (κ2) is 24.9. The largest absolute Gasteiger partial charge is 0.394 e. The van der Waals surface area contributed by atoms with Crippen molar-refractivity contribution in [2.75, 3.05) is 25.4 Å². The lowest BCUT2D eigenvalue weighted by Crippen LogP contribution is -2.68. The van der Waals surface area contributed by atoms with Gasteiger partial charge in [-0.3, -0.25) is 9.59 Å². The molecule has 0 radical (unpaired) electrons. The quantitative estimate of drug-likeness (QED) is 0.0355. The standard InChI is InChI=1S/C40H74N8O12S/c41-21-16-22(42)37(60-39-34(54)31(44)33(53)27(19-49)58-39)35(55)36(21)59-38-23(43)17-25(50)26(57-38)18-46-30(52)13-8-6-4-2-1-3-5-7-11-15-45-29(51)14-10-9-12-28-32-24(20-61-28)47-40(56)48-32/h21-28,31-39,49-50,53-55H,1-20,41-44H2,(H,45,51)(H,46,52)(H2,47,48,56)/t21-,22-,23-,24+,25+,26+,27+,28+,31+,32+,33-,34-,35+,36-,37-,38-,39-/m1/s1. The van der Waals surface area contributed by atoms with Crippen molar-refractivity contribution in [3.63, 3.8) is 0 Å². The van der Waals surface area contributed by atoms with Gasteiger partial charge in [0.1, 0.15) is 42.7 Å². The van der Waals surface area contributed by atoms with Crippen LogP contribution in [0.15, 0.2) is 0 Å². The molecular formula is C40H74N8O12S. The Labute approximate surface area is 363 Å². The summed E-state index contributed by atoms with van der Waals surface area (Å²) < 4.78 is 23.5. The molecule has 20 nitrogen and oxygen atoms in total. The number of thioether (sulfide) groups is 1. The van der Waals surface area contributed by atoms with Crippen molar-refractivity contribution >= 4 is 29.6 Å². The van der Waals surface area contributed by atoms with Gasteiger partial charge in [0.25, 0.3) is 0 Å². The Morgan fingerprint density at radius 1 is 0.705 bits per heavy atom. The number of aliphatic hydroxyl groups is 5. The fourth-order valence-corrected chi connectivity index (χ4v) is 10.5. The highest BCUT2D eigenvalue weighted by Gasteiger charge is 2.50. The highest BCUT2D eigenvalue weighted by atomic mass is 32.2. The lowest BCUT2D eigenvalue weighted by atomic mass is 9.84. The van der Waals surface area contributed by atoms with Gasteiger partial charge < -0.3 is 88.7 Å². The molecule has 4 amide bonds. The first-order valence-corrected chi connectivity index (χ1v) is 23.5. The Balaban J connectivity index is 0.876. The number of amides is 4. The maximum absolute atomic E-state index is 12.6. The predicted molar refractivity (Wildman–Crippen MR) is 225 cm³/mol. The zero-order valence-electron chi connectivity index (χ0n) is 35.3. The SMILES string of the molecule is N[C@@H]1[C@@H](O)[C@@H](O[C@H]2[C@@H](O)[C@H](O[C@H]3O[C@@H](CNC(=O)CCCCCCCCCCCNC(=O)CCCC[C@@H]4SC[C@@H]5NC(=O)N[C@@H]54)[C@@H](O)C[C@H]3N)[C@H](N)C[C@H]2N)O[C@@H](CO)[C@H]1O. The normalized spacial score (nSPS) is 38.7. The topological polar surface area (TPSA) is 341 Å². The smallest absolute Gasteiger partial charge is 0.315 e. The van der Waals surface area contributed by atoms with Crippen LogP contribution in [0.25, 0.3) is 0 Å². The first-order valence-electron chi connectivity index (χ1n) is 22.5. The van der Waals surface area contributed by atoms with Crippen LogP contribution in [0.5, 0.6) is 0 Å². The Morgan fingerprint density at radius 2 is 1.30 bits per heavy atom. The number of urea groups is 1. The minimum atomic E-state index is -1.49. The highest BCUT2D eigenvalue weighted by molar-refractivity contribution is 8.00. The third-order valence-electron chi connectivity index (χ3n) is 12.7. The molecule has 4 aliphatic heterocycles. The van der Waals surface area contributed by atoms with E-state index in [0.29, 0.717) is 24.6 Å². The van der Waals surface area contributed by atoms with Gasteiger partial charge in [-0.25, -0.2) is 4.79 Å². The summed E-state index contributed by atoms with van der Waals surface area (Å²) in [6, 6.07) is -3.14. The van der Waals surface area contributed by atoms with Crippen molar-refractivity contribution in [3.8, 4) is 0 Å². The molecule has 5 fully saturated rings. The van der Waals surface area contributed by atoms with Gasteiger partial charge in [-0.15, -0.1) is 0 Å². The summed E-state index contributed by atoms with van der Waals surface area (Å²) in [6.45, 7) is 0.159. The number of rotatable bonds is 24. The van der Waals surface area contributed by atoms with E-state index < -0.39 is 92.2 Å². The molecule has 0 bridgehead atoms. The zero-order chi connectivity index (χ0) is 44.1. The van der Waals surface area contributed by atoms with Crippen LogP contribution in [0.1, 0.15) is 103 Å². The van der Waals surface area contributed by atoms with Crippen LogP contribution < -0.4 is 44.2 Å². The molecule has 5 aliphatic rings. The van der Waals surface area contributed by atoms with Crippen molar-refractivity contribution in [1.29, 1.82) is 0 Å². The Morgan fingerprint density at radius 3 is 1.97 bits per heavy atom. The van der Waals surface area contributed by atoms with Gasteiger partial charge in [0.2, 0.25) is 11.8 Å². The van der Waals surface area contributed by atoms with Crippen molar-refractivity contribution < 1.29 is 58.9 Å². The van der Waals surface area contributed by atoms with Crippen LogP contribution in [0.3, 0.4) is 0 Å². The van der Waals surface area contributed by atoms with Crippen molar-refractivity contribution in [3.05, 3.63) is 0 Å². The van der Waals surface area contributed by atoms with Gasteiger partial charge in [0, 0.05) is 49.0 Å². The van der Waals surface area contributed by atoms with E-state index in [9.17, 15) is 39.9 Å². The Bertz CT molecular complexity index is 1360. The predicted octanol–water partition coefficient (Wildman–Crippen LogP) is -2.40. The van der Waals surface area contributed by atoms with Gasteiger partial charge in [-0.1, -0.05) is 51.4 Å². The number of ether oxygens (including phenoxy) is 4. The van der Waals surface area contributed by atoms with Crippen molar-refractivity contribution in [1.82, 2.24) is 21.3 Å². The van der Waals surface area contributed by atoms with Crippen LogP contribution >= 0.6 is 11.8 Å². The number of hydrogen-bond acceptors (Lipinski definition) is 17. The van der Waals surface area contributed by atoms with Crippen LogP contribution in [0.4, 0.5) is 4.79 Å². The van der Waals surface area contributed by atoms with Gasteiger partial charge in [-0.2, -0.15) is 11.8 Å². The summed E-state index contributed by atoms with van der Waals surface area (Å²) in [5.41, 5.74) is 24.8. The maximum atomic E-state index is 12.6. The number of aliphatic hydroxyl groups excluding tert-OH is 5. The number of carbonyl (C=O) groups excluding carboxylic acids is 3. The fraction of sp³-hybridized carbons (Fsp3) is 0.925. The molecule has 0 aromatic rings. The van der Waals surface area contributed by atoms with E-state index in [1.807, 2.05) is 11.8 Å². The first kappa shape index (κ1) is 50.0. The molecule has 1 saturated carbocycles. The van der Waals surface area contributed by atoms with E-state index >= 15 is 0 Å². The molecule has 21 heteroatoms. The van der Waals surface area contributed by atoms with Crippen LogP contribution in [-0.2, 0) is 28.5 Å². The highest BCUT2D eigenvalue weighted by Crippen LogP contribution is 2.34. The number of nitrogens with one attached hydrogen (secondary N) is 4. The molecule has 4 saturated heterocycles. The van der Waals surface area contributed by atoms with Gasteiger partial charge in [-0.05, 0) is 38.5 Å². The number of fused-ring (bicyclic) bond motifs is 1. The van der Waals surface area contributed by atoms with Crippen molar-refractivity contribution in [2.24, 2.45) is 22.9 Å². The number of hydrogen-bond donors (Lipinski definition) is 13. The van der Waals surface area contributed by atoms with E-state index in [4.69, 9.17) is 41.9 Å². The van der Waals surface area contributed by atoms with Crippen LogP contribution in [0, 0.1) is 0 Å². The Hall–Kier alpha value is -1.96. The van der Waals surface area contributed by atoms with Gasteiger partial charge in [0.15, 0.2) is 12.6 Å². The van der Waals surface area contributed by atoms with E-state index in [0.717, 1.165) is 82.8 Å². The molecule has 5 rings (SSSR count). The fourth-order valence-electron chi connectivity index (χ4n) is 8.94. The summed E-state index contributed by atoms with van der Waals surface area (Å²) >= 11 is 1.90. The minimum Gasteiger partial charge on any atom is -0.394 e. The molecule has 1 aliphatic carbocycles. The van der Waals surface area contributed by atoms with Gasteiger partial charge >= 0.3 is 6.03 Å². The zero-order valence-corrected chi connectivity index (χ0v) is 36.1. The molecule has 0 unspecified atom stereocenters. The molecule has 0 spiro atoms. The minimum absolute atomic E-state index is 0.0305. The van der Waals surface area contributed by atoms with Crippen LogP contribution in [-0.4, -0.2) is 172 Å². The molecular weight excluding hydrogens is 817 g/mol. The summed E-state index contributed by atoms with van der Waals surface area (Å²) in [6.07, 6.45) is 1.36. The van der Waals surface area contributed by atoms with E-state index in [-0.39, 0.29) is 49.3 Å².